The van der Waals surface area contributed by atoms with Crippen molar-refractivity contribution in [3.8, 4) is 16.9 Å². The van der Waals surface area contributed by atoms with Gasteiger partial charge in [-0.3, -0.25) is 0 Å². The van der Waals surface area contributed by atoms with Crippen molar-refractivity contribution in [2.24, 2.45) is 5.73 Å². The maximum absolute atomic E-state index is 5.77. The number of rotatable bonds is 5. The van der Waals surface area contributed by atoms with Crippen molar-refractivity contribution in [3.05, 3.63) is 54.1 Å². The third kappa shape index (κ3) is 3.58. The molecule has 0 aliphatic rings. The molecule has 0 spiro atoms. The zero-order valence-electron chi connectivity index (χ0n) is 11.6. The van der Waals surface area contributed by atoms with Gasteiger partial charge in [-0.2, -0.15) is 0 Å². The molecule has 0 amide bonds. The van der Waals surface area contributed by atoms with Crippen LogP contribution in [0.3, 0.4) is 0 Å². The highest BCUT2D eigenvalue weighted by molar-refractivity contribution is 5.64. The Kier molecular flexibility index (Phi) is 4.58. The second-order valence-electron chi connectivity index (χ2n) is 4.76. The summed E-state index contributed by atoms with van der Waals surface area (Å²) < 4.78 is 5.77. The first-order chi connectivity index (χ1) is 9.22. The van der Waals surface area contributed by atoms with Crippen LogP contribution < -0.4 is 10.5 Å². The van der Waals surface area contributed by atoms with E-state index in [4.69, 9.17) is 10.5 Å². The van der Waals surface area contributed by atoms with Crippen molar-refractivity contribution >= 4 is 0 Å². The molecule has 2 N–H and O–H groups in total. The van der Waals surface area contributed by atoms with Crippen LogP contribution >= 0.6 is 0 Å². The van der Waals surface area contributed by atoms with E-state index in [1.807, 2.05) is 12.1 Å². The largest absolute Gasteiger partial charge is 0.491 e. The summed E-state index contributed by atoms with van der Waals surface area (Å²) in [5.74, 6) is 0.927. The van der Waals surface area contributed by atoms with Gasteiger partial charge in [0.2, 0.25) is 0 Å². The maximum Gasteiger partial charge on any atom is 0.119 e. The third-order valence-electron chi connectivity index (χ3n) is 3.29. The van der Waals surface area contributed by atoms with Gasteiger partial charge in [-0.15, -0.1) is 0 Å². The summed E-state index contributed by atoms with van der Waals surface area (Å²) >= 11 is 0. The van der Waals surface area contributed by atoms with Crippen molar-refractivity contribution < 1.29 is 4.74 Å². The fourth-order valence-corrected chi connectivity index (χ4v) is 1.87. The van der Waals surface area contributed by atoms with Crippen LogP contribution in [0, 0.1) is 0 Å². The Morgan fingerprint density at radius 1 is 0.947 bits per heavy atom. The van der Waals surface area contributed by atoms with E-state index in [-0.39, 0.29) is 6.10 Å². The van der Waals surface area contributed by atoms with Gasteiger partial charge in [-0.25, -0.2) is 0 Å². The summed E-state index contributed by atoms with van der Waals surface area (Å²) in [6.45, 7) is 4.79. The molecule has 0 heterocycles. The maximum atomic E-state index is 5.77. The van der Waals surface area contributed by atoms with E-state index in [1.165, 1.54) is 11.1 Å². The van der Waals surface area contributed by atoms with Crippen LogP contribution in [0.5, 0.6) is 5.75 Å². The first-order valence-corrected chi connectivity index (χ1v) is 6.79. The van der Waals surface area contributed by atoms with Crippen molar-refractivity contribution in [3.63, 3.8) is 0 Å². The van der Waals surface area contributed by atoms with Gasteiger partial charge in [0, 0.05) is 6.54 Å². The van der Waals surface area contributed by atoms with E-state index >= 15 is 0 Å². The Morgan fingerprint density at radius 2 is 1.47 bits per heavy atom. The minimum absolute atomic E-state index is 0.259. The van der Waals surface area contributed by atoms with Gasteiger partial charge in [0.25, 0.3) is 0 Å². The predicted octanol–water partition coefficient (Wildman–Crippen LogP) is 3.99. The number of hydrogen-bond donors (Lipinski definition) is 1. The number of ether oxygens (including phenoxy) is 1. The number of benzene rings is 2. The summed E-state index contributed by atoms with van der Waals surface area (Å²) in [5, 5.41) is 0. The Bertz CT molecular complexity index is 502. The second-order valence-corrected chi connectivity index (χ2v) is 4.76. The molecule has 2 rings (SSSR count). The van der Waals surface area contributed by atoms with Crippen LogP contribution in [0.4, 0.5) is 0 Å². The van der Waals surface area contributed by atoms with Gasteiger partial charge in [0.05, 0.1) is 6.10 Å². The minimum Gasteiger partial charge on any atom is -0.491 e. The summed E-state index contributed by atoms with van der Waals surface area (Å²) in [4.78, 5) is 0. The Labute approximate surface area is 115 Å². The molecule has 0 saturated carbocycles. The van der Waals surface area contributed by atoms with Crippen molar-refractivity contribution in [2.45, 2.75) is 32.9 Å². The molecular formula is C17H21NO. The smallest absolute Gasteiger partial charge is 0.119 e. The van der Waals surface area contributed by atoms with Crippen LogP contribution in [-0.4, -0.2) is 6.10 Å². The highest BCUT2D eigenvalue weighted by atomic mass is 16.5. The molecule has 0 aromatic heterocycles. The molecular weight excluding hydrogens is 234 g/mol. The van der Waals surface area contributed by atoms with E-state index in [2.05, 4.69) is 50.2 Å². The van der Waals surface area contributed by atoms with Gasteiger partial charge in [-0.1, -0.05) is 43.3 Å². The Morgan fingerprint density at radius 3 is 1.95 bits per heavy atom. The summed E-state index contributed by atoms with van der Waals surface area (Å²) in [5.41, 5.74) is 9.15. The highest BCUT2D eigenvalue weighted by Crippen LogP contribution is 2.23. The standard InChI is InChI=1S/C17H21NO/c1-3-13(2)19-17-10-8-16(9-11-17)15-6-4-14(12-18)5-7-15/h4-11,13H,3,12,18H2,1-2H3. The summed E-state index contributed by atoms with van der Waals surface area (Å²) in [7, 11) is 0. The molecule has 0 saturated heterocycles. The monoisotopic (exact) mass is 255 g/mol. The molecule has 100 valence electrons. The minimum atomic E-state index is 0.259. The molecule has 2 nitrogen and oxygen atoms in total. The fraction of sp³-hybridized carbons (Fsp3) is 0.294. The molecule has 1 unspecified atom stereocenters. The average molecular weight is 255 g/mol. The van der Waals surface area contributed by atoms with Crippen LogP contribution in [0.1, 0.15) is 25.8 Å². The van der Waals surface area contributed by atoms with Gasteiger partial charge >= 0.3 is 0 Å². The first kappa shape index (κ1) is 13.6. The molecule has 2 aromatic carbocycles. The number of hydrogen-bond acceptors (Lipinski definition) is 2. The zero-order valence-corrected chi connectivity index (χ0v) is 11.6. The normalized spacial score (nSPS) is 12.2. The quantitative estimate of drug-likeness (QED) is 0.876. The molecule has 0 fully saturated rings. The molecule has 19 heavy (non-hydrogen) atoms. The zero-order chi connectivity index (χ0) is 13.7. The topological polar surface area (TPSA) is 35.2 Å². The van der Waals surface area contributed by atoms with E-state index in [0.29, 0.717) is 6.54 Å². The van der Waals surface area contributed by atoms with Gasteiger partial charge < -0.3 is 10.5 Å². The number of nitrogens with two attached hydrogens (primary N) is 1. The molecule has 0 bridgehead atoms. The Hall–Kier alpha value is -1.80. The average Bonchev–Trinajstić information content (AvgIpc) is 2.48. The van der Waals surface area contributed by atoms with E-state index in [0.717, 1.165) is 17.7 Å². The van der Waals surface area contributed by atoms with Crippen molar-refractivity contribution in [1.29, 1.82) is 0 Å². The van der Waals surface area contributed by atoms with Crippen molar-refractivity contribution in [1.82, 2.24) is 0 Å². The lowest BCUT2D eigenvalue weighted by molar-refractivity contribution is 0.217. The van der Waals surface area contributed by atoms with E-state index in [9.17, 15) is 0 Å². The first-order valence-electron chi connectivity index (χ1n) is 6.79. The van der Waals surface area contributed by atoms with Crippen LogP contribution in [-0.2, 0) is 6.54 Å². The highest BCUT2D eigenvalue weighted by Gasteiger charge is 2.02. The van der Waals surface area contributed by atoms with Crippen LogP contribution in [0.2, 0.25) is 0 Å². The van der Waals surface area contributed by atoms with Gasteiger partial charge in [0.1, 0.15) is 5.75 Å². The molecule has 0 radical (unpaired) electrons. The van der Waals surface area contributed by atoms with Crippen LogP contribution in [0.15, 0.2) is 48.5 Å². The third-order valence-corrected chi connectivity index (χ3v) is 3.29. The fourth-order valence-electron chi connectivity index (χ4n) is 1.87. The Balaban J connectivity index is 2.12. The van der Waals surface area contributed by atoms with E-state index < -0.39 is 0 Å². The van der Waals surface area contributed by atoms with Gasteiger partial charge in [0.15, 0.2) is 0 Å². The summed E-state index contributed by atoms with van der Waals surface area (Å²) in [6.07, 6.45) is 1.28. The lowest BCUT2D eigenvalue weighted by atomic mass is 10.0. The SMILES string of the molecule is CCC(C)Oc1ccc(-c2ccc(CN)cc2)cc1. The molecule has 1 atom stereocenters. The molecule has 0 aliphatic carbocycles. The van der Waals surface area contributed by atoms with Crippen molar-refractivity contribution in [2.75, 3.05) is 0 Å². The predicted molar refractivity (Wildman–Crippen MR) is 80.2 cm³/mol. The van der Waals surface area contributed by atoms with Gasteiger partial charge in [-0.05, 0) is 42.2 Å². The van der Waals surface area contributed by atoms with Crippen LogP contribution in [0.25, 0.3) is 11.1 Å². The molecule has 2 aromatic rings. The molecule has 0 aliphatic heterocycles. The van der Waals surface area contributed by atoms with E-state index in [1.54, 1.807) is 0 Å². The lowest BCUT2D eigenvalue weighted by Gasteiger charge is -2.12. The molecule has 2 heteroatoms. The summed E-state index contributed by atoms with van der Waals surface area (Å²) in [6, 6.07) is 16.6. The lowest BCUT2D eigenvalue weighted by Crippen LogP contribution is -2.09. The second kappa shape index (κ2) is 6.39.